The monoisotopic (exact) mass is 309 g/mol. The van der Waals surface area contributed by atoms with Gasteiger partial charge in [-0.15, -0.1) is 0 Å². The lowest BCUT2D eigenvalue weighted by Crippen LogP contribution is -1.66. The highest BCUT2D eigenvalue weighted by Crippen LogP contribution is 2.25. The molecule has 0 aliphatic carbocycles. The van der Waals surface area contributed by atoms with E-state index < -0.39 is 7.82 Å². The van der Waals surface area contributed by atoms with Gasteiger partial charge in [0.2, 0.25) is 0 Å². The predicted molar refractivity (Wildman–Crippen MR) is 79.1 cm³/mol. The van der Waals surface area contributed by atoms with Gasteiger partial charge in [0.1, 0.15) is 0 Å². The zero-order chi connectivity index (χ0) is 13.1. The molecule has 0 bridgehead atoms. The third-order valence-corrected chi connectivity index (χ3v) is 1.32. The Hall–Kier alpha value is -1.58. The fourth-order valence-electron chi connectivity index (χ4n) is 0.733. The van der Waals surface area contributed by atoms with Gasteiger partial charge in [0.15, 0.2) is 0 Å². The van der Waals surface area contributed by atoms with Gasteiger partial charge < -0.3 is 38.1 Å². The van der Waals surface area contributed by atoms with Gasteiger partial charge in [-0.3, -0.25) is 4.98 Å². The Labute approximate surface area is 118 Å². The normalized spacial score (nSPS) is 8.00. The maximum atomic E-state index is 8.88. The third kappa shape index (κ3) is 29.9. The molecule has 2 rings (SSSR count). The van der Waals surface area contributed by atoms with Crippen LogP contribution in [-0.4, -0.2) is 24.6 Å². The molecule has 2 heterocycles. The van der Waals surface area contributed by atoms with E-state index in [-0.39, 0.29) is 18.5 Å². The van der Waals surface area contributed by atoms with Crippen LogP contribution in [0.5, 0.6) is 0 Å². The van der Waals surface area contributed by atoms with Crippen LogP contribution < -0.4 is 18.5 Å². The summed E-state index contributed by atoms with van der Waals surface area (Å²) in [4.78, 5) is 28.3. The summed E-state index contributed by atoms with van der Waals surface area (Å²) in [7, 11) is -4.64. The summed E-state index contributed by atoms with van der Waals surface area (Å²) in [5.74, 6) is 0. The first kappa shape index (κ1) is 26.9. The molecule has 0 spiro atoms. The van der Waals surface area contributed by atoms with Crippen molar-refractivity contribution in [2.75, 3.05) is 0 Å². The van der Waals surface area contributed by atoms with Crippen molar-refractivity contribution in [3.8, 4) is 0 Å². The molecule has 2 aromatic heterocycles. The average molecular weight is 309 g/mol. The minimum atomic E-state index is -4.64. The van der Waals surface area contributed by atoms with E-state index in [2.05, 4.69) is 9.97 Å². The van der Waals surface area contributed by atoms with E-state index in [1.54, 1.807) is 12.4 Å². The van der Waals surface area contributed by atoms with Crippen LogP contribution in [0.4, 0.5) is 0 Å². The molecule has 9 nitrogen and oxygen atoms in total. The average Bonchev–Trinajstić information content (AvgIpc) is 2.70. The molecule has 20 heavy (non-hydrogen) atoms. The molecule has 0 aliphatic rings. The van der Waals surface area contributed by atoms with Gasteiger partial charge in [-0.05, 0) is 31.2 Å². The summed E-state index contributed by atoms with van der Waals surface area (Å²) in [6, 6.07) is 9.72. The molecule has 0 amide bonds. The summed E-state index contributed by atoms with van der Waals surface area (Å²) < 4.78 is 8.88. The van der Waals surface area contributed by atoms with Crippen LogP contribution in [0.25, 0.3) is 0 Å². The Morgan fingerprint density at radius 1 is 1.00 bits per heavy atom. The number of phosphoric acid groups is 1. The van der Waals surface area contributed by atoms with Crippen LogP contribution in [0.1, 0.15) is 5.69 Å². The Morgan fingerprint density at radius 2 is 1.45 bits per heavy atom. The summed E-state index contributed by atoms with van der Waals surface area (Å²) in [6.07, 6.45) is 5.41. The highest BCUT2D eigenvalue weighted by molar-refractivity contribution is 7.45. The zero-order valence-corrected chi connectivity index (χ0v) is 12.3. The largest absolute Gasteiger partial charge is 0.466 e. The second kappa shape index (κ2) is 15.5. The van der Waals surface area contributed by atoms with Crippen molar-refractivity contribution in [2.24, 2.45) is 0 Å². The molecular formula is C10H24N5O4P. The first-order chi connectivity index (χ1) is 7.89. The Balaban J connectivity index is -0.0000000899. The van der Waals surface area contributed by atoms with Crippen molar-refractivity contribution in [2.45, 2.75) is 6.92 Å². The van der Waals surface area contributed by atoms with Gasteiger partial charge >= 0.3 is 7.82 Å². The molecule has 0 aliphatic heterocycles. The molecular weight excluding hydrogens is 285 g/mol. The van der Waals surface area contributed by atoms with Crippen molar-refractivity contribution in [3.63, 3.8) is 0 Å². The fraction of sp³-hybridized carbons (Fsp3) is 0.100. The Morgan fingerprint density at radius 3 is 1.55 bits per heavy atom. The van der Waals surface area contributed by atoms with Gasteiger partial charge in [0, 0.05) is 24.3 Å². The quantitative estimate of drug-likeness (QED) is 0.356. The summed E-state index contributed by atoms with van der Waals surface area (Å²) in [5.41, 5.74) is 1.22. The lowest BCUT2D eigenvalue weighted by Gasteiger charge is -1.82. The minimum Gasteiger partial charge on any atom is -0.365 e. The van der Waals surface area contributed by atoms with E-state index >= 15 is 0 Å². The van der Waals surface area contributed by atoms with Crippen LogP contribution in [0.3, 0.4) is 0 Å². The van der Waals surface area contributed by atoms with Crippen LogP contribution in [-0.2, 0) is 4.57 Å². The van der Waals surface area contributed by atoms with Crippen molar-refractivity contribution in [1.82, 2.24) is 28.4 Å². The molecule has 13 N–H and O–H groups in total. The number of aromatic nitrogens is 2. The maximum Gasteiger partial charge on any atom is 0.466 e. The predicted octanol–water partition coefficient (Wildman–Crippen LogP) is 1.96. The lowest BCUT2D eigenvalue weighted by molar-refractivity contribution is 0.275. The molecule has 0 radical (unpaired) electrons. The van der Waals surface area contributed by atoms with Gasteiger partial charge in [-0.25, -0.2) is 4.57 Å². The molecule has 0 unspecified atom stereocenters. The van der Waals surface area contributed by atoms with Crippen molar-refractivity contribution >= 4 is 7.82 Å². The smallest absolute Gasteiger partial charge is 0.365 e. The number of aromatic amines is 1. The number of hydrogen-bond acceptors (Lipinski definition) is 5. The highest BCUT2D eigenvalue weighted by atomic mass is 31.2. The number of nitrogens with zero attached hydrogens (tertiary/aromatic N) is 1. The van der Waals surface area contributed by atoms with Gasteiger partial charge in [0.05, 0.1) is 0 Å². The molecule has 0 saturated carbocycles. The summed E-state index contributed by atoms with van der Waals surface area (Å²) >= 11 is 0. The van der Waals surface area contributed by atoms with E-state index in [0.717, 1.165) is 0 Å². The number of rotatable bonds is 0. The zero-order valence-electron chi connectivity index (χ0n) is 11.4. The van der Waals surface area contributed by atoms with Crippen molar-refractivity contribution in [3.05, 3.63) is 54.6 Å². The molecule has 0 atom stereocenters. The lowest BCUT2D eigenvalue weighted by atomic mass is 10.5. The van der Waals surface area contributed by atoms with Gasteiger partial charge in [0.25, 0.3) is 0 Å². The second-order valence-electron chi connectivity index (χ2n) is 2.89. The number of hydrogen-bond donors (Lipinski definition) is 7. The summed E-state index contributed by atoms with van der Waals surface area (Å²) in [5, 5.41) is 0. The van der Waals surface area contributed by atoms with Crippen LogP contribution in [0.15, 0.2) is 48.9 Å². The number of pyridine rings is 1. The number of nitrogens with one attached hydrogen (secondary N) is 1. The molecule has 0 saturated heterocycles. The van der Waals surface area contributed by atoms with E-state index in [1.165, 1.54) is 5.69 Å². The molecule has 0 fully saturated rings. The number of H-pyrrole nitrogens is 1. The fourth-order valence-corrected chi connectivity index (χ4v) is 0.733. The van der Waals surface area contributed by atoms with Crippen LogP contribution in [0.2, 0.25) is 0 Å². The molecule has 2 aromatic rings. The first-order valence-corrected chi connectivity index (χ1v) is 6.19. The van der Waals surface area contributed by atoms with E-state index in [1.807, 2.05) is 43.5 Å². The topological polar surface area (TPSA) is 211 Å². The van der Waals surface area contributed by atoms with Crippen LogP contribution >= 0.6 is 7.82 Å². The van der Waals surface area contributed by atoms with Crippen molar-refractivity contribution in [1.29, 1.82) is 0 Å². The SMILES string of the molecule is Cc1ccc[nH]1.N.N.N.O=P(O)(O)O.c1ccncc1. The Bertz CT molecular complexity index is 386. The third-order valence-electron chi connectivity index (χ3n) is 1.32. The number of aryl methyl sites for hydroxylation is 1. The minimum absolute atomic E-state index is 0. The standard InChI is InChI=1S/C5H7N.C5H5N.3H3N.H3O4P/c1-5-3-2-4-6-5;1-2-4-6-5-3-1;;;;1-5(2,3)4/h2-4,6H,1H3;1-5H;3*1H3;(H3,1,2,3,4). The van der Waals surface area contributed by atoms with Gasteiger partial charge in [-0.1, -0.05) is 6.07 Å². The second-order valence-corrected chi connectivity index (χ2v) is 3.92. The molecule has 10 heteroatoms. The summed E-state index contributed by atoms with van der Waals surface area (Å²) in [6.45, 7) is 2.03. The maximum absolute atomic E-state index is 8.88. The van der Waals surface area contributed by atoms with E-state index in [4.69, 9.17) is 19.2 Å². The van der Waals surface area contributed by atoms with E-state index in [0.29, 0.717) is 0 Å². The first-order valence-electron chi connectivity index (χ1n) is 4.63. The van der Waals surface area contributed by atoms with Crippen LogP contribution in [0, 0.1) is 6.92 Å². The highest BCUT2D eigenvalue weighted by Gasteiger charge is 2.00. The van der Waals surface area contributed by atoms with Crippen molar-refractivity contribution < 1.29 is 19.2 Å². The molecule has 0 aromatic carbocycles. The Kier molecular flexibility index (Phi) is 20.8. The van der Waals surface area contributed by atoms with Gasteiger partial charge in [-0.2, -0.15) is 0 Å². The van der Waals surface area contributed by atoms with E-state index in [9.17, 15) is 0 Å². The molecule has 118 valence electrons.